The third-order valence-electron chi connectivity index (χ3n) is 2.54. The molecule has 0 amide bonds. The number of likely N-dealkylation sites (tertiary alicyclic amines) is 1. The van der Waals surface area contributed by atoms with Gasteiger partial charge < -0.3 is 4.90 Å². The lowest BCUT2D eigenvalue weighted by Crippen LogP contribution is -2.30. The first-order chi connectivity index (χ1) is 5.99. The first kappa shape index (κ1) is 10.6. The molecule has 0 aromatic rings. The normalized spacial score (nSPS) is 18.8. The molecule has 0 aromatic carbocycles. The maximum atomic E-state index is 4.19. The van der Waals surface area contributed by atoms with Crippen molar-refractivity contribution in [3.63, 3.8) is 0 Å². The van der Waals surface area contributed by atoms with Crippen molar-refractivity contribution < 1.29 is 0 Å². The Kier molecular flexibility index (Phi) is 3.40. The van der Waals surface area contributed by atoms with E-state index in [4.69, 9.17) is 0 Å². The van der Waals surface area contributed by atoms with E-state index in [9.17, 15) is 0 Å². The second-order valence-electron chi connectivity index (χ2n) is 5.35. The number of allylic oxidation sites excluding steroid dienone is 1. The molecular formula is C12H23N. The molecule has 0 saturated carbocycles. The zero-order valence-electron chi connectivity index (χ0n) is 9.40. The summed E-state index contributed by atoms with van der Waals surface area (Å²) in [5, 5.41) is 0. The molecule has 0 bridgehead atoms. The van der Waals surface area contributed by atoms with Crippen LogP contribution in [0.15, 0.2) is 12.3 Å². The van der Waals surface area contributed by atoms with Gasteiger partial charge in [0.25, 0.3) is 0 Å². The van der Waals surface area contributed by atoms with Gasteiger partial charge >= 0.3 is 0 Å². The monoisotopic (exact) mass is 181 g/mol. The Bertz CT molecular complexity index is 170. The van der Waals surface area contributed by atoms with Gasteiger partial charge in [0.05, 0.1) is 0 Å². The molecule has 1 aliphatic heterocycles. The van der Waals surface area contributed by atoms with Gasteiger partial charge in [0.2, 0.25) is 0 Å². The smallest absolute Gasteiger partial charge is 0.0174 e. The van der Waals surface area contributed by atoms with Gasteiger partial charge in [0, 0.05) is 18.8 Å². The molecule has 1 heterocycles. The minimum Gasteiger partial charge on any atom is -0.375 e. The highest BCUT2D eigenvalue weighted by atomic mass is 15.1. The summed E-state index contributed by atoms with van der Waals surface area (Å²) in [6.45, 7) is 13.5. The van der Waals surface area contributed by atoms with Gasteiger partial charge in [0.1, 0.15) is 0 Å². The average molecular weight is 181 g/mol. The number of nitrogens with zero attached hydrogens (tertiary/aromatic N) is 1. The van der Waals surface area contributed by atoms with E-state index in [1.807, 2.05) is 0 Å². The van der Waals surface area contributed by atoms with Crippen LogP contribution in [0.1, 0.15) is 46.5 Å². The lowest BCUT2D eigenvalue weighted by atomic mass is 9.90. The van der Waals surface area contributed by atoms with E-state index in [1.165, 1.54) is 38.0 Å². The Hall–Kier alpha value is -0.460. The van der Waals surface area contributed by atoms with Crippen molar-refractivity contribution in [1.29, 1.82) is 0 Å². The Morgan fingerprint density at radius 2 is 1.69 bits per heavy atom. The molecule has 1 heteroatoms. The minimum absolute atomic E-state index is 0.383. The molecule has 0 spiro atoms. The zero-order valence-corrected chi connectivity index (χ0v) is 9.40. The fraction of sp³-hybridized carbons (Fsp3) is 0.833. The molecule has 76 valence electrons. The van der Waals surface area contributed by atoms with Crippen LogP contribution in [0, 0.1) is 5.41 Å². The second-order valence-corrected chi connectivity index (χ2v) is 5.35. The maximum Gasteiger partial charge on any atom is 0.0174 e. The quantitative estimate of drug-likeness (QED) is 0.631. The van der Waals surface area contributed by atoms with Crippen LogP contribution < -0.4 is 0 Å². The highest BCUT2D eigenvalue weighted by molar-refractivity contribution is 4.98. The van der Waals surface area contributed by atoms with Crippen molar-refractivity contribution in [3.8, 4) is 0 Å². The van der Waals surface area contributed by atoms with Crippen LogP contribution in [-0.2, 0) is 0 Å². The number of hydrogen-bond donors (Lipinski definition) is 0. The summed E-state index contributed by atoms with van der Waals surface area (Å²) in [5.41, 5.74) is 1.72. The molecule has 1 saturated heterocycles. The van der Waals surface area contributed by atoms with E-state index in [1.54, 1.807) is 0 Å². The highest BCUT2D eigenvalue weighted by Gasteiger charge is 2.17. The van der Waals surface area contributed by atoms with E-state index < -0.39 is 0 Å². The molecule has 1 nitrogen and oxygen atoms in total. The zero-order chi connectivity index (χ0) is 9.90. The molecule has 13 heavy (non-hydrogen) atoms. The second kappa shape index (κ2) is 4.17. The summed E-state index contributed by atoms with van der Waals surface area (Å²) in [6.07, 6.45) is 5.23. The lowest BCUT2D eigenvalue weighted by molar-refractivity contribution is 0.252. The summed E-state index contributed by atoms with van der Waals surface area (Å²) in [7, 11) is 0. The van der Waals surface area contributed by atoms with Crippen LogP contribution in [0.25, 0.3) is 0 Å². The van der Waals surface area contributed by atoms with Crippen molar-refractivity contribution in [3.05, 3.63) is 12.3 Å². The van der Waals surface area contributed by atoms with Gasteiger partial charge in [-0.2, -0.15) is 0 Å². The molecular weight excluding hydrogens is 158 g/mol. The average Bonchev–Trinajstić information content (AvgIpc) is 2.03. The van der Waals surface area contributed by atoms with Gasteiger partial charge in [0.15, 0.2) is 0 Å². The molecule has 0 radical (unpaired) electrons. The minimum atomic E-state index is 0.383. The highest BCUT2D eigenvalue weighted by Crippen LogP contribution is 2.26. The molecule has 1 fully saturated rings. The van der Waals surface area contributed by atoms with Crippen molar-refractivity contribution in [2.45, 2.75) is 46.5 Å². The van der Waals surface area contributed by atoms with Crippen LogP contribution in [-0.4, -0.2) is 18.0 Å². The topological polar surface area (TPSA) is 3.24 Å². The summed E-state index contributed by atoms with van der Waals surface area (Å²) in [5.74, 6) is 0. The SMILES string of the molecule is C=C(CC(C)(C)C)N1CCCCC1. The standard InChI is InChI=1S/C12H23N/c1-11(10-12(2,3)4)13-8-6-5-7-9-13/h1,5-10H2,2-4H3. The van der Waals surface area contributed by atoms with Crippen molar-refractivity contribution in [1.82, 2.24) is 4.90 Å². The van der Waals surface area contributed by atoms with Gasteiger partial charge in [-0.15, -0.1) is 0 Å². The summed E-state index contributed by atoms with van der Waals surface area (Å²) in [4.78, 5) is 2.47. The molecule has 0 unspecified atom stereocenters. The Morgan fingerprint density at radius 1 is 1.15 bits per heavy atom. The fourth-order valence-corrected chi connectivity index (χ4v) is 1.93. The molecule has 0 aliphatic carbocycles. The lowest BCUT2D eigenvalue weighted by Gasteiger charge is -2.33. The Balaban J connectivity index is 2.38. The van der Waals surface area contributed by atoms with E-state index in [-0.39, 0.29) is 0 Å². The van der Waals surface area contributed by atoms with Crippen molar-refractivity contribution in [2.24, 2.45) is 5.41 Å². The van der Waals surface area contributed by atoms with E-state index in [0.717, 1.165) is 6.42 Å². The van der Waals surface area contributed by atoms with Crippen LogP contribution in [0.2, 0.25) is 0 Å². The predicted octanol–water partition coefficient (Wildman–Crippen LogP) is 3.42. The molecule has 1 aliphatic rings. The van der Waals surface area contributed by atoms with E-state index in [2.05, 4.69) is 32.3 Å². The van der Waals surface area contributed by atoms with Crippen molar-refractivity contribution >= 4 is 0 Å². The Labute approximate surface area is 82.8 Å². The van der Waals surface area contributed by atoms with Gasteiger partial charge in [-0.25, -0.2) is 0 Å². The van der Waals surface area contributed by atoms with Crippen LogP contribution in [0.4, 0.5) is 0 Å². The van der Waals surface area contributed by atoms with Gasteiger partial charge in [-0.3, -0.25) is 0 Å². The number of piperidine rings is 1. The Morgan fingerprint density at radius 3 is 2.15 bits per heavy atom. The molecule has 0 N–H and O–H groups in total. The number of hydrogen-bond acceptors (Lipinski definition) is 1. The third-order valence-corrected chi connectivity index (χ3v) is 2.54. The first-order valence-corrected chi connectivity index (χ1v) is 5.42. The predicted molar refractivity (Wildman–Crippen MR) is 58.6 cm³/mol. The summed E-state index contributed by atoms with van der Waals surface area (Å²) >= 11 is 0. The van der Waals surface area contributed by atoms with Crippen LogP contribution >= 0.6 is 0 Å². The van der Waals surface area contributed by atoms with Gasteiger partial charge in [-0.1, -0.05) is 27.4 Å². The molecule has 0 atom stereocenters. The van der Waals surface area contributed by atoms with Crippen LogP contribution in [0.5, 0.6) is 0 Å². The summed E-state index contributed by atoms with van der Waals surface area (Å²) < 4.78 is 0. The fourth-order valence-electron chi connectivity index (χ4n) is 1.93. The largest absolute Gasteiger partial charge is 0.375 e. The third kappa shape index (κ3) is 3.84. The summed E-state index contributed by atoms with van der Waals surface area (Å²) in [6, 6.07) is 0. The first-order valence-electron chi connectivity index (χ1n) is 5.42. The van der Waals surface area contributed by atoms with Crippen LogP contribution in [0.3, 0.4) is 0 Å². The maximum absolute atomic E-state index is 4.19. The molecule has 0 aromatic heterocycles. The van der Waals surface area contributed by atoms with Crippen molar-refractivity contribution in [2.75, 3.05) is 13.1 Å². The van der Waals surface area contributed by atoms with Gasteiger partial charge in [-0.05, 0) is 31.1 Å². The van der Waals surface area contributed by atoms with E-state index in [0.29, 0.717) is 5.41 Å². The number of rotatable bonds is 2. The molecule has 1 rings (SSSR count). The van der Waals surface area contributed by atoms with E-state index >= 15 is 0 Å².